The molecule has 0 aliphatic rings. The molecule has 0 fully saturated rings. The first-order valence-electron chi connectivity index (χ1n) is 4.45. The maximum atomic E-state index is 5.48. The molecule has 0 saturated carbocycles. The highest BCUT2D eigenvalue weighted by molar-refractivity contribution is 7.98. The fourth-order valence-corrected chi connectivity index (χ4v) is 1.74. The third-order valence-corrected chi connectivity index (χ3v) is 2.85. The first-order valence-corrected chi connectivity index (χ1v) is 5.68. The molecule has 1 unspecified atom stereocenters. The summed E-state index contributed by atoms with van der Waals surface area (Å²) in [5.41, 5.74) is 3.95. The second-order valence-electron chi connectivity index (χ2n) is 3.31. The Hall–Kier alpha value is -0.550. The first kappa shape index (κ1) is 11.5. The lowest BCUT2D eigenvalue weighted by molar-refractivity contribution is 0.253. The summed E-state index contributed by atoms with van der Waals surface area (Å²) in [6, 6.07) is 8.40. The van der Waals surface area contributed by atoms with Crippen molar-refractivity contribution in [2.75, 3.05) is 20.4 Å². The topological polar surface area (TPSA) is 41.3 Å². The molecule has 1 aromatic rings. The fourth-order valence-electron chi connectivity index (χ4n) is 1.33. The van der Waals surface area contributed by atoms with Crippen LogP contribution in [-0.2, 0) is 0 Å². The third kappa shape index (κ3) is 2.72. The molecule has 0 aliphatic carbocycles. The van der Waals surface area contributed by atoms with Gasteiger partial charge in [-0.15, -0.1) is 11.8 Å². The van der Waals surface area contributed by atoms with Crippen LogP contribution in [0.3, 0.4) is 0 Å². The van der Waals surface area contributed by atoms with Gasteiger partial charge in [-0.1, -0.05) is 12.1 Å². The number of benzene rings is 1. The maximum absolute atomic E-state index is 5.48. The van der Waals surface area contributed by atoms with Crippen molar-refractivity contribution in [3.8, 4) is 0 Å². The minimum absolute atomic E-state index is 0.0749. The standard InChI is InChI=1S/C10H17N3S/c1-13(2)10(12-11)8-4-6-9(14-3)7-5-8/h4-7,10,12H,11H2,1-3H3. The van der Waals surface area contributed by atoms with Crippen LogP contribution in [0.4, 0.5) is 0 Å². The molecule has 0 amide bonds. The molecule has 1 rings (SSSR count). The van der Waals surface area contributed by atoms with Gasteiger partial charge >= 0.3 is 0 Å². The molecular weight excluding hydrogens is 194 g/mol. The lowest BCUT2D eigenvalue weighted by atomic mass is 10.1. The number of hydrogen-bond donors (Lipinski definition) is 2. The van der Waals surface area contributed by atoms with Crippen molar-refractivity contribution in [2.24, 2.45) is 5.84 Å². The van der Waals surface area contributed by atoms with E-state index in [0.717, 1.165) is 0 Å². The number of hydrogen-bond acceptors (Lipinski definition) is 4. The van der Waals surface area contributed by atoms with Gasteiger partial charge in [0, 0.05) is 4.90 Å². The Labute approximate surface area is 89.6 Å². The Balaban J connectivity index is 2.84. The van der Waals surface area contributed by atoms with E-state index in [9.17, 15) is 0 Å². The van der Waals surface area contributed by atoms with Gasteiger partial charge in [-0.2, -0.15) is 0 Å². The van der Waals surface area contributed by atoms with Gasteiger partial charge < -0.3 is 0 Å². The average molecular weight is 211 g/mol. The van der Waals surface area contributed by atoms with E-state index in [0.29, 0.717) is 0 Å². The molecule has 0 heterocycles. The normalized spacial score (nSPS) is 13.2. The van der Waals surface area contributed by atoms with E-state index in [1.807, 2.05) is 19.0 Å². The summed E-state index contributed by atoms with van der Waals surface area (Å²) in [6.45, 7) is 0. The van der Waals surface area contributed by atoms with Crippen molar-refractivity contribution in [3.63, 3.8) is 0 Å². The van der Waals surface area contributed by atoms with Crippen molar-refractivity contribution in [3.05, 3.63) is 29.8 Å². The second-order valence-corrected chi connectivity index (χ2v) is 4.19. The van der Waals surface area contributed by atoms with Crippen molar-refractivity contribution < 1.29 is 0 Å². The second kappa shape index (κ2) is 5.36. The average Bonchev–Trinajstić information content (AvgIpc) is 2.19. The SMILES string of the molecule is CSc1ccc(C(NN)N(C)C)cc1. The quantitative estimate of drug-likeness (QED) is 0.342. The molecule has 4 heteroatoms. The summed E-state index contributed by atoms with van der Waals surface area (Å²) in [5.74, 6) is 5.48. The number of nitrogens with one attached hydrogen (secondary N) is 1. The summed E-state index contributed by atoms with van der Waals surface area (Å²) < 4.78 is 0. The van der Waals surface area contributed by atoms with E-state index < -0.39 is 0 Å². The van der Waals surface area contributed by atoms with E-state index in [2.05, 4.69) is 35.9 Å². The summed E-state index contributed by atoms with van der Waals surface area (Å²) in [4.78, 5) is 3.30. The Kier molecular flexibility index (Phi) is 4.41. The Bertz CT molecular complexity index is 271. The van der Waals surface area contributed by atoms with Gasteiger partial charge in [0.1, 0.15) is 0 Å². The van der Waals surface area contributed by atoms with Gasteiger partial charge in [0.05, 0.1) is 6.17 Å². The number of rotatable bonds is 4. The molecule has 0 saturated heterocycles. The molecule has 3 nitrogen and oxygen atoms in total. The minimum Gasteiger partial charge on any atom is -0.289 e. The van der Waals surface area contributed by atoms with Crippen LogP contribution in [0.25, 0.3) is 0 Å². The van der Waals surface area contributed by atoms with Gasteiger partial charge in [0.25, 0.3) is 0 Å². The number of thioether (sulfide) groups is 1. The van der Waals surface area contributed by atoms with Crippen LogP contribution in [0.1, 0.15) is 11.7 Å². The van der Waals surface area contributed by atoms with Crippen LogP contribution in [0.15, 0.2) is 29.2 Å². The third-order valence-electron chi connectivity index (χ3n) is 2.11. The zero-order valence-electron chi connectivity index (χ0n) is 8.82. The van der Waals surface area contributed by atoms with Gasteiger partial charge in [0.15, 0.2) is 0 Å². The van der Waals surface area contributed by atoms with E-state index in [4.69, 9.17) is 5.84 Å². The molecule has 0 aromatic heterocycles. The van der Waals surface area contributed by atoms with E-state index in [-0.39, 0.29) is 6.17 Å². The van der Waals surface area contributed by atoms with Crippen LogP contribution in [0.5, 0.6) is 0 Å². The van der Waals surface area contributed by atoms with E-state index in [1.54, 1.807) is 11.8 Å². The van der Waals surface area contributed by atoms with Crippen LogP contribution in [0.2, 0.25) is 0 Å². The summed E-state index contributed by atoms with van der Waals surface area (Å²) in [6.07, 6.45) is 2.14. The Morgan fingerprint density at radius 2 is 1.86 bits per heavy atom. The van der Waals surface area contributed by atoms with Crippen LogP contribution in [-0.4, -0.2) is 25.3 Å². The zero-order valence-corrected chi connectivity index (χ0v) is 9.64. The largest absolute Gasteiger partial charge is 0.289 e. The molecule has 0 spiro atoms. The number of nitrogens with zero attached hydrogens (tertiary/aromatic N) is 1. The van der Waals surface area contributed by atoms with E-state index in [1.165, 1.54) is 10.5 Å². The molecule has 14 heavy (non-hydrogen) atoms. The lowest BCUT2D eigenvalue weighted by Gasteiger charge is -2.23. The molecule has 78 valence electrons. The fraction of sp³-hybridized carbons (Fsp3) is 0.400. The van der Waals surface area contributed by atoms with Crippen molar-refractivity contribution >= 4 is 11.8 Å². The van der Waals surface area contributed by atoms with Crippen LogP contribution >= 0.6 is 11.8 Å². The number of hydrazine groups is 1. The highest BCUT2D eigenvalue weighted by Gasteiger charge is 2.10. The minimum atomic E-state index is 0.0749. The van der Waals surface area contributed by atoms with Gasteiger partial charge in [-0.05, 0) is 38.0 Å². The van der Waals surface area contributed by atoms with Gasteiger partial charge in [-0.25, -0.2) is 5.43 Å². The molecule has 0 bridgehead atoms. The predicted molar refractivity (Wildman–Crippen MR) is 62.0 cm³/mol. The Morgan fingerprint density at radius 1 is 1.29 bits per heavy atom. The van der Waals surface area contributed by atoms with Gasteiger partial charge in [0.2, 0.25) is 0 Å². The highest BCUT2D eigenvalue weighted by Crippen LogP contribution is 2.19. The predicted octanol–water partition coefficient (Wildman–Crippen LogP) is 1.43. The first-order chi connectivity index (χ1) is 6.69. The van der Waals surface area contributed by atoms with Gasteiger partial charge in [-0.3, -0.25) is 10.7 Å². The molecule has 1 aromatic carbocycles. The monoisotopic (exact) mass is 211 g/mol. The van der Waals surface area contributed by atoms with Crippen LogP contribution < -0.4 is 11.3 Å². The molecule has 0 radical (unpaired) electrons. The van der Waals surface area contributed by atoms with Crippen molar-refractivity contribution in [1.82, 2.24) is 10.3 Å². The zero-order chi connectivity index (χ0) is 10.6. The molecule has 0 aliphatic heterocycles. The molecule has 1 atom stereocenters. The highest BCUT2D eigenvalue weighted by atomic mass is 32.2. The number of nitrogens with two attached hydrogens (primary N) is 1. The lowest BCUT2D eigenvalue weighted by Crippen LogP contribution is -2.37. The van der Waals surface area contributed by atoms with Crippen LogP contribution in [0, 0.1) is 0 Å². The molecular formula is C10H17N3S. The Morgan fingerprint density at radius 3 is 2.21 bits per heavy atom. The summed E-state index contributed by atoms with van der Waals surface area (Å²) in [5, 5.41) is 0. The summed E-state index contributed by atoms with van der Waals surface area (Å²) in [7, 11) is 3.99. The smallest absolute Gasteiger partial charge is 0.0980 e. The van der Waals surface area contributed by atoms with Crippen molar-refractivity contribution in [2.45, 2.75) is 11.1 Å². The summed E-state index contributed by atoms with van der Waals surface area (Å²) >= 11 is 1.74. The maximum Gasteiger partial charge on any atom is 0.0980 e. The van der Waals surface area contributed by atoms with Crippen molar-refractivity contribution in [1.29, 1.82) is 0 Å². The molecule has 3 N–H and O–H groups in total. The van der Waals surface area contributed by atoms with E-state index >= 15 is 0 Å².